The minimum atomic E-state index is -3.43. The molecule has 2 aromatic carbocycles. The SMILES string of the molecule is CC1=CN(S(C)(=O)=O)C(N(CCOc2ccccc2)c2ccc(C#N)cc2)S1. The first-order valence-corrected chi connectivity index (χ1v) is 11.4. The van der Waals surface area contributed by atoms with Gasteiger partial charge in [0.2, 0.25) is 10.0 Å². The zero-order valence-corrected chi connectivity index (χ0v) is 17.3. The lowest BCUT2D eigenvalue weighted by Gasteiger charge is -2.35. The molecule has 0 aliphatic carbocycles. The van der Waals surface area contributed by atoms with Crippen LogP contribution >= 0.6 is 11.8 Å². The van der Waals surface area contributed by atoms with Crippen LogP contribution in [0.25, 0.3) is 0 Å². The second kappa shape index (κ2) is 8.59. The van der Waals surface area contributed by atoms with Crippen LogP contribution in [0.15, 0.2) is 65.7 Å². The van der Waals surface area contributed by atoms with Gasteiger partial charge in [-0.2, -0.15) is 5.26 Å². The van der Waals surface area contributed by atoms with Gasteiger partial charge in [0, 0.05) is 16.8 Å². The van der Waals surface area contributed by atoms with Crippen LogP contribution in [0.1, 0.15) is 12.5 Å². The van der Waals surface area contributed by atoms with Gasteiger partial charge >= 0.3 is 0 Å². The standard InChI is InChI=1S/C20H21N3O3S2/c1-16-15-23(28(2,24)25)20(27-16)22(18-10-8-17(14-21)9-11-18)12-13-26-19-6-4-3-5-7-19/h3-11,15,20H,12-13H2,1-2H3. The molecule has 0 amide bonds. The molecule has 1 aliphatic heterocycles. The summed E-state index contributed by atoms with van der Waals surface area (Å²) >= 11 is 1.47. The number of allylic oxidation sites excluding steroid dienone is 1. The quantitative estimate of drug-likeness (QED) is 0.688. The van der Waals surface area contributed by atoms with Gasteiger partial charge in [-0.3, -0.25) is 0 Å². The first kappa shape index (κ1) is 20.1. The number of thioether (sulfide) groups is 1. The van der Waals surface area contributed by atoms with Gasteiger partial charge in [0.25, 0.3) is 0 Å². The Hall–Kier alpha value is -2.63. The summed E-state index contributed by atoms with van der Waals surface area (Å²) in [4.78, 5) is 2.89. The van der Waals surface area contributed by atoms with Crippen molar-refractivity contribution in [3.63, 3.8) is 0 Å². The monoisotopic (exact) mass is 415 g/mol. The molecule has 2 aromatic rings. The molecule has 1 atom stereocenters. The van der Waals surface area contributed by atoms with Crippen molar-refractivity contribution in [3.8, 4) is 11.8 Å². The van der Waals surface area contributed by atoms with Crippen molar-refractivity contribution in [1.29, 1.82) is 5.26 Å². The summed E-state index contributed by atoms with van der Waals surface area (Å²) in [5.41, 5.74) is 0.935. The molecule has 0 N–H and O–H groups in total. The Kier molecular flexibility index (Phi) is 6.17. The van der Waals surface area contributed by atoms with E-state index in [4.69, 9.17) is 10.00 Å². The zero-order valence-electron chi connectivity index (χ0n) is 15.6. The van der Waals surface area contributed by atoms with Crippen LogP contribution in [-0.4, -0.2) is 37.6 Å². The van der Waals surface area contributed by atoms with E-state index in [1.807, 2.05) is 54.3 Å². The Balaban J connectivity index is 1.84. The maximum atomic E-state index is 12.3. The predicted octanol–water partition coefficient (Wildman–Crippen LogP) is 3.60. The van der Waals surface area contributed by atoms with E-state index >= 15 is 0 Å². The molecule has 0 saturated carbocycles. The number of rotatable bonds is 7. The molecule has 0 aromatic heterocycles. The van der Waals surface area contributed by atoms with Gasteiger partial charge in [-0.25, -0.2) is 12.7 Å². The number of anilines is 1. The summed E-state index contributed by atoms with van der Waals surface area (Å²) in [6, 6.07) is 18.7. The zero-order chi connectivity index (χ0) is 20.1. The van der Waals surface area contributed by atoms with Gasteiger partial charge in [-0.15, -0.1) is 0 Å². The molecule has 0 fully saturated rings. The second-order valence-corrected chi connectivity index (χ2v) is 9.48. The number of nitriles is 1. The summed E-state index contributed by atoms with van der Waals surface area (Å²) in [6.07, 6.45) is 2.85. The fourth-order valence-electron chi connectivity index (χ4n) is 2.83. The highest BCUT2D eigenvalue weighted by Crippen LogP contribution is 2.38. The molecule has 0 radical (unpaired) electrons. The first-order chi connectivity index (χ1) is 13.4. The van der Waals surface area contributed by atoms with Crippen molar-refractivity contribution in [1.82, 2.24) is 4.31 Å². The van der Waals surface area contributed by atoms with Crippen LogP contribution in [0.2, 0.25) is 0 Å². The molecule has 1 heterocycles. The molecule has 0 bridgehead atoms. The molecule has 28 heavy (non-hydrogen) atoms. The van der Waals surface area contributed by atoms with Gasteiger partial charge in [0.15, 0.2) is 5.50 Å². The molecule has 8 heteroatoms. The van der Waals surface area contributed by atoms with Crippen molar-refractivity contribution in [2.45, 2.75) is 12.4 Å². The molecule has 0 saturated heterocycles. The average molecular weight is 416 g/mol. The summed E-state index contributed by atoms with van der Waals surface area (Å²) in [6.45, 7) is 2.75. The Labute approximate surface area is 170 Å². The minimum Gasteiger partial charge on any atom is -0.492 e. The van der Waals surface area contributed by atoms with Crippen LogP contribution in [0.3, 0.4) is 0 Å². The maximum absolute atomic E-state index is 12.3. The first-order valence-electron chi connectivity index (χ1n) is 8.67. The van der Waals surface area contributed by atoms with Crippen LogP contribution < -0.4 is 9.64 Å². The van der Waals surface area contributed by atoms with Gasteiger partial charge in [0.05, 0.1) is 24.4 Å². The predicted molar refractivity (Wildman–Crippen MR) is 112 cm³/mol. The normalized spacial score (nSPS) is 16.4. The van der Waals surface area contributed by atoms with E-state index in [1.165, 1.54) is 22.3 Å². The van der Waals surface area contributed by atoms with Crippen LogP contribution in [0.4, 0.5) is 5.69 Å². The maximum Gasteiger partial charge on any atom is 0.234 e. The Morgan fingerprint density at radius 1 is 1.18 bits per heavy atom. The van der Waals surface area contributed by atoms with Crippen molar-refractivity contribution in [3.05, 3.63) is 71.3 Å². The van der Waals surface area contributed by atoms with Gasteiger partial charge in [-0.05, 0) is 43.3 Å². The third-order valence-corrected chi connectivity index (χ3v) is 6.51. The topological polar surface area (TPSA) is 73.6 Å². The smallest absolute Gasteiger partial charge is 0.234 e. The summed E-state index contributed by atoms with van der Waals surface area (Å²) in [5, 5.41) is 9.05. The molecule has 3 rings (SSSR count). The van der Waals surface area contributed by atoms with Gasteiger partial charge in [-0.1, -0.05) is 30.0 Å². The van der Waals surface area contributed by atoms with E-state index in [9.17, 15) is 8.42 Å². The highest BCUT2D eigenvalue weighted by atomic mass is 32.2. The van der Waals surface area contributed by atoms with E-state index in [-0.39, 0.29) is 0 Å². The lowest BCUT2D eigenvalue weighted by molar-refractivity contribution is 0.317. The molecule has 6 nitrogen and oxygen atoms in total. The number of ether oxygens (including phenoxy) is 1. The summed E-state index contributed by atoms with van der Waals surface area (Å²) in [5.74, 6) is 0.760. The third-order valence-electron chi connectivity index (χ3n) is 4.14. The number of para-hydroxylation sites is 1. The Bertz CT molecular complexity index is 984. The molecular weight excluding hydrogens is 394 g/mol. The van der Waals surface area contributed by atoms with E-state index in [0.29, 0.717) is 18.7 Å². The highest BCUT2D eigenvalue weighted by Gasteiger charge is 2.35. The molecule has 1 aliphatic rings. The number of hydrogen-bond acceptors (Lipinski definition) is 6. The number of benzene rings is 2. The van der Waals surface area contributed by atoms with Gasteiger partial charge < -0.3 is 9.64 Å². The van der Waals surface area contributed by atoms with Crippen molar-refractivity contribution in [2.24, 2.45) is 0 Å². The minimum absolute atomic E-state index is 0.387. The van der Waals surface area contributed by atoms with Crippen molar-refractivity contribution in [2.75, 3.05) is 24.3 Å². The fourth-order valence-corrected chi connectivity index (χ4v) is 5.31. The summed E-state index contributed by atoms with van der Waals surface area (Å²) in [7, 11) is -3.43. The van der Waals surface area contributed by atoms with Crippen molar-refractivity contribution >= 4 is 27.5 Å². The lowest BCUT2D eigenvalue weighted by Crippen LogP contribution is -2.46. The molecule has 146 valence electrons. The largest absolute Gasteiger partial charge is 0.492 e. The Morgan fingerprint density at radius 3 is 2.46 bits per heavy atom. The highest BCUT2D eigenvalue weighted by molar-refractivity contribution is 8.04. The van der Waals surface area contributed by atoms with Gasteiger partial charge in [0.1, 0.15) is 12.4 Å². The molecular formula is C20H21N3O3S2. The van der Waals surface area contributed by atoms with Crippen molar-refractivity contribution < 1.29 is 13.2 Å². The fraction of sp³-hybridized carbons (Fsp3) is 0.250. The third kappa shape index (κ3) is 4.80. The summed E-state index contributed by atoms with van der Waals surface area (Å²) < 4.78 is 31.8. The Morgan fingerprint density at radius 2 is 1.86 bits per heavy atom. The van der Waals surface area contributed by atoms with Crippen LogP contribution in [-0.2, 0) is 10.0 Å². The number of sulfonamides is 1. The average Bonchev–Trinajstić information content (AvgIpc) is 3.08. The second-order valence-electron chi connectivity index (χ2n) is 6.29. The van der Waals surface area contributed by atoms with E-state index < -0.39 is 15.5 Å². The van der Waals surface area contributed by atoms with Crippen LogP contribution in [0.5, 0.6) is 5.75 Å². The van der Waals surface area contributed by atoms with Crippen LogP contribution in [0, 0.1) is 11.3 Å². The van der Waals surface area contributed by atoms with E-state index in [1.54, 1.807) is 18.3 Å². The number of nitrogens with zero attached hydrogens (tertiary/aromatic N) is 3. The molecule has 0 spiro atoms. The van der Waals surface area contributed by atoms with E-state index in [2.05, 4.69) is 6.07 Å². The van der Waals surface area contributed by atoms with E-state index in [0.717, 1.165) is 16.3 Å². The molecule has 1 unspecified atom stereocenters. The number of hydrogen-bond donors (Lipinski definition) is 0. The lowest BCUT2D eigenvalue weighted by atomic mass is 10.2.